The van der Waals surface area contributed by atoms with Crippen molar-refractivity contribution in [1.29, 1.82) is 0 Å². The Balaban J connectivity index is 1.45. The molecular weight excluding hydrogens is 464 g/mol. The number of hydrogen-bond donors (Lipinski definition) is 1. The normalized spacial score (nSPS) is 14.5. The number of aryl methyl sites for hydroxylation is 1. The maximum Gasteiger partial charge on any atom is 0.263 e. The van der Waals surface area contributed by atoms with Crippen LogP contribution in [0.1, 0.15) is 39.9 Å². The highest BCUT2D eigenvalue weighted by atomic mass is 16.5. The molecule has 1 amide bonds. The van der Waals surface area contributed by atoms with Gasteiger partial charge in [0.25, 0.3) is 11.5 Å². The smallest absolute Gasteiger partial charge is 0.263 e. The van der Waals surface area contributed by atoms with Crippen molar-refractivity contribution in [2.75, 3.05) is 37.7 Å². The van der Waals surface area contributed by atoms with Crippen LogP contribution in [0.3, 0.4) is 0 Å². The van der Waals surface area contributed by atoms with Crippen LogP contribution in [0.5, 0.6) is 0 Å². The molecule has 0 saturated carbocycles. The third-order valence-electron chi connectivity index (χ3n) is 6.89. The Morgan fingerprint density at radius 3 is 2.49 bits per heavy atom. The van der Waals surface area contributed by atoms with Crippen LogP contribution in [0.25, 0.3) is 10.9 Å². The molecule has 1 fully saturated rings. The Morgan fingerprint density at radius 1 is 1.03 bits per heavy atom. The monoisotopic (exact) mass is 496 g/mol. The van der Waals surface area contributed by atoms with E-state index in [0.717, 1.165) is 5.56 Å². The molecule has 0 aliphatic carbocycles. The lowest BCUT2D eigenvalue weighted by Gasteiger charge is -2.30. The first-order chi connectivity index (χ1) is 18.0. The molecule has 37 heavy (non-hydrogen) atoms. The van der Waals surface area contributed by atoms with Crippen molar-refractivity contribution < 1.29 is 9.53 Å². The third kappa shape index (κ3) is 5.57. The van der Waals surface area contributed by atoms with Gasteiger partial charge in [0.15, 0.2) is 0 Å². The summed E-state index contributed by atoms with van der Waals surface area (Å²) >= 11 is 0. The number of fused-ring (bicyclic) bond motifs is 1. The Labute approximate surface area is 216 Å². The molecule has 4 aromatic rings. The minimum atomic E-state index is -0.178. The fraction of sp³-hybridized carbons (Fsp3) is 0.300. The van der Waals surface area contributed by atoms with Crippen molar-refractivity contribution in [2.45, 2.75) is 26.3 Å². The number of rotatable bonds is 7. The number of morpholine rings is 1. The summed E-state index contributed by atoms with van der Waals surface area (Å²) in [6.07, 6.45) is 0. The molecule has 5 rings (SSSR count). The van der Waals surface area contributed by atoms with Crippen molar-refractivity contribution in [3.8, 4) is 0 Å². The fourth-order valence-electron chi connectivity index (χ4n) is 4.62. The van der Waals surface area contributed by atoms with E-state index in [4.69, 9.17) is 9.72 Å². The van der Waals surface area contributed by atoms with Gasteiger partial charge in [-0.05, 0) is 42.2 Å². The lowest BCUT2D eigenvalue weighted by Crippen LogP contribution is -2.41. The van der Waals surface area contributed by atoms with Crippen molar-refractivity contribution in [2.24, 2.45) is 0 Å². The van der Waals surface area contributed by atoms with E-state index in [1.54, 1.807) is 22.8 Å². The van der Waals surface area contributed by atoms with Crippen LogP contribution in [-0.2, 0) is 11.3 Å². The number of anilines is 1. The van der Waals surface area contributed by atoms with E-state index in [1.807, 2.05) is 49.4 Å². The van der Waals surface area contributed by atoms with Gasteiger partial charge in [0.2, 0.25) is 5.95 Å². The summed E-state index contributed by atoms with van der Waals surface area (Å²) in [5, 5.41) is 3.52. The molecule has 0 unspecified atom stereocenters. The minimum Gasteiger partial charge on any atom is -0.378 e. The second-order valence-corrected chi connectivity index (χ2v) is 9.64. The first-order valence-corrected chi connectivity index (χ1v) is 12.8. The largest absolute Gasteiger partial charge is 0.378 e. The van der Waals surface area contributed by atoms with Gasteiger partial charge in [-0.3, -0.25) is 14.2 Å². The van der Waals surface area contributed by atoms with Gasteiger partial charge in [-0.2, -0.15) is 0 Å². The molecule has 190 valence electrons. The van der Waals surface area contributed by atoms with Crippen molar-refractivity contribution in [3.63, 3.8) is 0 Å². The molecule has 1 atom stereocenters. The maximum absolute atomic E-state index is 13.7. The first-order valence-electron chi connectivity index (χ1n) is 12.8. The zero-order chi connectivity index (χ0) is 25.8. The molecule has 3 aromatic carbocycles. The van der Waals surface area contributed by atoms with Gasteiger partial charge in [0.05, 0.1) is 30.7 Å². The Hall–Kier alpha value is -3.97. The third-order valence-corrected chi connectivity index (χ3v) is 6.89. The van der Waals surface area contributed by atoms with E-state index >= 15 is 0 Å². The zero-order valence-corrected chi connectivity index (χ0v) is 21.3. The van der Waals surface area contributed by atoms with Crippen LogP contribution in [0.4, 0.5) is 5.95 Å². The summed E-state index contributed by atoms with van der Waals surface area (Å²) in [6, 6.07) is 23.4. The van der Waals surface area contributed by atoms with Gasteiger partial charge in [-0.1, -0.05) is 67.1 Å². The lowest BCUT2D eigenvalue weighted by molar-refractivity contribution is 0.0951. The molecule has 1 aliphatic rings. The topological polar surface area (TPSA) is 76.5 Å². The number of carbonyl (C=O) groups excluding carboxylic acids is 1. The van der Waals surface area contributed by atoms with E-state index in [-0.39, 0.29) is 17.4 Å². The molecular formula is C30H32N4O3. The Morgan fingerprint density at radius 2 is 1.76 bits per heavy atom. The molecule has 2 heterocycles. The molecule has 7 nitrogen and oxygen atoms in total. The van der Waals surface area contributed by atoms with Gasteiger partial charge in [0, 0.05) is 25.2 Å². The average Bonchev–Trinajstić information content (AvgIpc) is 2.94. The standard InChI is InChI=1S/C30H32N4O3/c1-21-8-10-23(11-9-21)20-34-29(36)26-13-12-25(18-27(26)32-30(34)33-14-16-37-17-15-33)28(35)31-19-22(2)24-6-4-3-5-7-24/h3-13,18,22H,14-17,19-20H2,1-2H3,(H,31,35)/t22-/m1/s1. The Kier molecular flexibility index (Phi) is 7.32. The number of carbonyl (C=O) groups is 1. The number of hydrogen-bond acceptors (Lipinski definition) is 5. The van der Waals surface area contributed by atoms with Gasteiger partial charge in [0.1, 0.15) is 0 Å². The maximum atomic E-state index is 13.7. The molecule has 1 aliphatic heterocycles. The Bertz CT molecular complexity index is 1440. The highest BCUT2D eigenvalue weighted by Gasteiger charge is 2.20. The van der Waals surface area contributed by atoms with Crippen LogP contribution in [-0.4, -0.2) is 48.3 Å². The molecule has 1 N–H and O–H groups in total. The van der Waals surface area contributed by atoms with Crippen LogP contribution < -0.4 is 15.8 Å². The van der Waals surface area contributed by atoms with Gasteiger partial charge in [-0.25, -0.2) is 4.98 Å². The SMILES string of the molecule is Cc1ccc(Cn2c(N3CCOCC3)nc3cc(C(=O)NC[C@@H](C)c4ccccc4)ccc3c2=O)cc1. The highest BCUT2D eigenvalue weighted by molar-refractivity contribution is 5.97. The van der Waals surface area contributed by atoms with Gasteiger partial charge < -0.3 is 15.0 Å². The number of ether oxygens (including phenoxy) is 1. The molecule has 1 aromatic heterocycles. The fourth-order valence-corrected chi connectivity index (χ4v) is 4.62. The lowest BCUT2D eigenvalue weighted by atomic mass is 10.0. The minimum absolute atomic E-state index is 0.114. The predicted octanol–water partition coefficient (Wildman–Crippen LogP) is 4.12. The number of nitrogens with zero attached hydrogens (tertiary/aromatic N) is 3. The van der Waals surface area contributed by atoms with E-state index in [2.05, 4.69) is 29.3 Å². The number of nitrogens with one attached hydrogen (secondary N) is 1. The molecule has 1 saturated heterocycles. The van der Waals surface area contributed by atoms with E-state index in [0.29, 0.717) is 61.8 Å². The molecule has 0 bridgehead atoms. The molecule has 7 heteroatoms. The summed E-state index contributed by atoms with van der Waals surface area (Å²) in [5.74, 6) is 0.616. The zero-order valence-electron chi connectivity index (χ0n) is 21.3. The number of benzene rings is 3. The van der Waals surface area contributed by atoms with Crippen LogP contribution >= 0.6 is 0 Å². The van der Waals surface area contributed by atoms with Crippen molar-refractivity contribution in [1.82, 2.24) is 14.9 Å². The van der Waals surface area contributed by atoms with Gasteiger partial charge >= 0.3 is 0 Å². The van der Waals surface area contributed by atoms with Crippen LogP contribution in [0.15, 0.2) is 77.6 Å². The summed E-state index contributed by atoms with van der Waals surface area (Å²) in [5.41, 5.74) is 4.28. The summed E-state index contributed by atoms with van der Waals surface area (Å²) in [4.78, 5) is 33.7. The predicted molar refractivity (Wildman–Crippen MR) is 147 cm³/mol. The van der Waals surface area contributed by atoms with E-state index < -0.39 is 0 Å². The van der Waals surface area contributed by atoms with Crippen LogP contribution in [0.2, 0.25) is 0 Å². The van der Waals surface area contributed by atoms with Gasteiger partial charge in [-0.15, -0.1) is 0 Å². The average molecular weight is 497 g/mol. The summed E-state index contributed by atoms with van der Waals surface area (Å²) in [7, 11) is 0. The van der Waals surface area contributed by atoms with Crippen molar-refractivity contribution in [3.05, 3.63) is 105 Å². The second kappa shape index (κ2) is 11.0. The van der Waals surface area contributed by atoms with E-state index in [9.17, 15) is 9.59 Å². The van der Waals surface area contributed by atoms with E-state index in [1.165, 1.54) is 11.1 Å². The molecule has 0 spiro atoms. The second-order valence-electron chi connectivity index (χ2n) is 9.64. The number of aromatic nitrogens is 2. The number of amides is 1. The highest BCUT2D eigenvalue weighted by Crippen LogP contribution is 2.20. The summed E-state index contributed by atoms with van der Waals surface area (Å²) < 4.78 is 7.26. The molecule has 0 radical (unpaired) electrons. The van der Waals surface area contributed by atoms with Crippen LogP contribution in [0, 0.1) is 6.92 Å². The van der Waals surface area contributed by atoms with Crippen molar-refractivity contribution >= 4 is 22.8 Å². The quantitative estimate of drug-likeness (QED) is 0.417. The summed E-state index contributed by atoms with van der Waals surface area (Å²) in [6.45, 7) is 7.55. The first kappa shape index (κ1) is 24.7.